The van der Waals surface area contributed by atoms with E-state index in [-0.39, 0.29) is 11.5 Å². The molecule has 0 bridgehead atoms. The molecular formula is C20H18O2Se2-. The zero-order chi connectivity index (χ0) is 17.4. The maximum absolute atomic E-state index is 12.4. The van der Waals surface area contributed by atoms with Gasteiger partial charge < -0.3 is 0 Å². The predicted octanol–water partition coefficient (Wildman–Crippen LogP) is 2.30. The Balaban J connectivity index is 1.92. The average molecular weight is 448 g/mol. The predicted molar refractivity (Wildman–Crippen MR) is 99.7 cm³/mol. The SMILES string of the molecule is CC1=CC(=CC2=C([O-])C(=CC3=CC(C)=[Se]C(C)=C3)C2=O)C=C(C)[Se]1. The summed E-state index contributed by atoms with van der Waals surface area (Å²) in [5.74, 6) is -0.275. The first kappa shape index (κ1) is 17.4. The quantitative estimate of drug-likeness (QED) is 0.481. The Morgan fingerprint density at radius 3 is 2.17 bits per heavy atom. The van der Waals surface area contributed by atoms with Gasteiger partial charge in [0.1, 0.15) is 0 Å². The number of allylic oxidation sites excluding steroid dienone is 13. The Morgan fingerprint density at radius 1 is 0.917 bits per heavy atom. The fourth-order valence-corrected chi connectivity index (χ4v) is 6.61. The van der Waals surface area contributed by atoms with Crippen molar-refractivity contribution in [2.75, 3.05) is 0 Å². The van der Waals surface area contributed by atoms with E-state index < -0.39 is 0 Å². The molecule has 3 aliphatic rings. The van der Waals surface area contributed by atoms with Crippen molar-refractivity contribution in [3.63, 3.8) is 0 Å². The van der Waals surface area contributed by atoms with E-state index in [0.717, 1.165) is 11.1 Å². The van der Waals surface area contributed by atoms with E-state index in [4.69, 9.17) is 0 Å². The van der Waals surface area contributed by atoms with Gasteiger partial charge in [-0.3, -0.25) is 0 Å². The Labute approximate surface area is 155 Å². The Morgan fingerprint density at radius 2 is 1.58 bits per heavy atom. The minimum atomic E-state index is -0.138. The molecule has 1 radical (unpaired) electrons. The number of carbonyl (C=O) groups is 1. The average Bonchev–Trinajstić information content (AvgIpc) is 2.48. The number of Topliss-reactive ketones (excluding diaryl/α,β-unsaturated/α-hetero) is 1. The van der Waals surface area contributed by atoms with Gasteiger partial charge in [-0.05, 0) is 0 Å². The minimum absolute atomic E-state index is 0.138. The summed E-state index contributed by atoms with van der Waals surface area (Å²) >= 11 is 0.794. The summed E-state index contributed by atoms with van der Waals surface area (Å²) in [6, 6.07) is 0. The van der Waals surface area contributed by atoms with Crippen LogP contribution in [0.15, 0.2) is 77.9 Å². The zero-order valence-electron chi connectivity index (χ0n) is 14.1. The topological polar surface area (TPSA) is 40.1 Å². The van der Waals surface area contributed by atoms with E-state index in [1.807, 2.05) is 0 Å². The van der Waals surface area contributed by atoms with Crippen molar-refractivity contribution in [3.8, 4) is 0 Å². The maximum atomic E-state index is 12.4. The molecule has 2 aliphatic heterocycles. The number of rotatable bonds is 2. The molecule has 0 saturated carbocycles. The van der Waals surface area contributed by atoms with Crippen molar-refractivity contribution < 1.29 is 9.90 Å². The summed E-state index contributed by atoms with van der Waals surface area (Å²) in [4.78, 5) is 12.4. The van der Waals surface area contributed by atoms with Gasteiger partial charge in [-0.1, -0.05) is 0 Å². The molecule has 0 aromatic rings. The van der Waals surface area contributed by atoms with Gasteiger partial charge >= 0.3 is 155 Å². The summed E-state index contributed by atoms with van der Waals surface area (Å²) in [6.45, 7) is 8.37. The van der Waals surface area contributed by atoms with Crippen LogP contribution in [0.5, 0.6) is 0 Å². The molecule has 0 amide bonds. The van der Waals surface area contributed by atoms with Crippen LogP contribution in [0.4, 0.5) is 0 Å². The van der Waals surface area contributed by atoms with E-state index in [1.54, 1.807) is 12.2 Å². The van der Waals surface area contributed by atoms with Crippen LogP contribution in [-0.4, -0.2) is 39.7 Å². The van der Waals surface area contributed by atoms with Crippen molar-refractivity contribution in [2.24, 2.45) is 0 Å². The van der Waals surface area contributed by atoms with Crippen LogP contribution < -0.4 is 5.11 Å². The molecule has 24 heavy (non-hydrogen) atoms. The summed E-state index contributed by atoms with van der Waals surface area (Å²) in [5, 5.41) is 12.4. The van der Waals surface area contributed by atoms with Crippen molar-refractivity contribution >= 4 is 39.7 Å². The molecule has 0 N–H and O–H groups in total. The van der Waals surface area contributed by atoms with Crippen molar-refractivity contribution in [2.45, 2.75) is 27.7 Å². The summed E-state index contributed by atoms with van der Waals surface area (Å²) in [7, 11) is 0. The molecule has 1 aliphatic carbocycles. The molecule has 0 fully saturated rings. The van der Waals surface area contributed by atoms with Crippen LogP contribution in [0.25, 0.3) is 0 Å². The Hall–Kier alpha value is -1.44. The van der Waals surface area contributed by atoms with E-state index in [9.17, 15) is 9.90 Å². The number of ketones is 1. The monoisotopic (exact) mass is 450 g/mol. The van der Waals surface area contributed by atoms with Crippen molar-refractivity contribution in [3.05, 3.63) is 77.9 Å². The molecule has 123 valence electrons. The van der Waals surface area contributed by atoms with Crippen molar-refractivity contribution in [1.82, 2.24) is 0 Å². The van der Waals surface area contributed by atoms with Crippen LogP contribution in [0.2, 0.25) is 0 Å². The van der Waals surface area contributed by atoms with E-state index in [1.165, 1.54) is 17.8 Å². The molecule has 0 spiro atoms. The number of hydrogen-bond donors (Lipinski definition) is 0. The first-order valence-corrected chi connectivity index (χ1v) is 11.1. The molecule has 3 rings (SSSR count). The van der Waals surface area contributed by atoms with Crippen LogP contribution in [0.3, 0.4) is 0 Å². The Kier molecular flexibility index (Phi) is 4.94. The van der Waals surface area contributed by atoms with Gasteiger partial charge in [-0.25, -0.2) is 0 Å². The molecule has 0 unspecified atom stereocenters. The van der Waals surface area contributed by atoms with Gasteiger partial charge in [0.25, 0.3) is 0 Å². The zero-order valence-corrected chi connectivity index (χ0v) is 17.5. The fraction of sp³-hybridized carbons (Fsp3) is 0.200. The second-order valence-electron chi connectivity index (χ2n) is 6.00. The van der Waals surface area contributed by atoms with Crippen LogP contribution in [0, 0.1) is 0 Å². The molecule has 2 heterocycles. The number of carbonyl (C=O) groups excluding carboxylic acids is 1. The molecule has 0 atom stereocenters. The summed E-state index contributed by atoms with van der Waals surface area (Å²) in [6.07, 6.45) is 11.7. The van der Waals surface area contributed by atoms with Crippen molar-refractivity contribution in [1.29, 1.82) is 0 Å². The Bertz CT molecular complexity index is 862. The summed E-state index contributed by atoms with van der Waals surface area (Å²) < 4.78 is 5.24. The van der Waals surface area contributed by atoms with Gasteiger partial charge in [-0.15, -0.1) is 0 Å². The third kappa shape index (κ3) is 3.63. The van der Waals surface area contributed by atoms with Gasteiger partial charge in [-0.2, -0.15) is 0 Å². The summed E-state index contributed by atoms with van der Waals surface area (Å²) in [5.41, 5.74) is 2.52. The first-order chi connectivity index (χ1) is 11.3. The standard InChI is InChI=1S/C20H19O2Se2/c1-11-5-15(6-12(2)23-11)9-17-19(21)18(20(17)22)10-16-7-13(3)24-14(4)8-16/h5-10,21H,1-4H3/p-1. The molecule has 0 aromatic heterocycles. The van der Waals surface area contributed by atoms with Gasteiger partial charge in [0.2, 0.25) is 0 Å². The fourth-order valence-electron chi connectivity index (χ4n) is 2.84. The van der Waals surface area contributed by atoms with E-state index in [2.05, 4.69) is 52.0 Å². The van der Waals surface area contributed by atoms with Gasteiger partial charge in [0, 0.05) is 0 Å². The third-order valence-corrected chi connectivity index (χ3v) is 7.42. The molecule has 0 aromatic carbocycles. The van der Waals surface area contributed by atoms with Gasteiger partial charge in [0.15, 0.2) is 0 Å². The number of hydrogen-bond acceptors (Lipinski definition) is 2. The van der Waals surface area contributed by atoms with Crippen LogP contribution >= 0.6 is 0 Å². The van der Waals surface area contributed by atoms with Crippen LogP contribution in [0.1, 0.15) is 27.7 Å². The second-order valence-corrected chi connectivity index (χ2v) is 12.3. The van der Waals surface area contributed by atoms with Gasteiger partial charge in [0.05, 0.1) is 0 Å². The molecule has 0 saturated heterocycles. The van der Waals surface area contributed by atoms with Crippen LogP contribution in [-0.2, 0) is 4.79 Å². The first-order valence-electron chi connectivity index (χ1n) is 7.69. The van der Waals surface area contributed by atoms with E-state index >= 15 is 0 Å². The van der Waals surface area contributed by atoms with E-state index in [0.29, 0.717) is 40.6 Å². The molecule has 2 nitrogen and oxygen atoms in total. The second kappa shape index (κ2) is 6.82. The molecule has 4 heteroatoms. The third-order valence-electron chi connectivity index (χ3n) is 3.72. The normalized spacial score (nSPS) is 22.5. The molecular weight excluding hydrogens is 430 g/mol.